The number of pyridine rings is 1. The molecular weight excluding hydrogens is 382 g/mol. The van der Waals surface area contributed by atoms with Crippen LogP contribution in [0.2, 0.25) is 0 Å². The van der Waals surface area contributed by atoms with Crippen LogP contribution >= 0.6 is 12.4 Å². The van der Waals surface area contributed by atoms with Gasteiger partial charge in [0.2, 0.25) is 5.91 Å². The molecule has 3 heterocycles. The lowest BCUT2D eigenvalue weighted by atomic mass is 10.1. The molecule has 0 fully saturated rings. The average Bonchev–Trinajstić information content (AvgIpc) is 3.26. The molecule has 0 saturated heterocycles. The minimum Gasteiger partial charge on any atom is -0.359 e. The Bertz CT molecular complexity index is 908. The van der Waals surface area contributed by atoms with E-state index >= 15 is 0 Å². The number of aryl methyl sites for hydroxylation is 1. The van der Waals surface area contributed by atoms with Crippen molar-refractivity contribution in [1.82, 2.24) is 30.2 Å². The number of aromatic nitrogens is 5. The van der Waals surface area contributed by atoms with Gasteiger partial charge in [0, 0.05) is 12.3 Å². The maximum Gasteiger partial charge on any atom is 0.242 e. The highest BCUT2D eigenvalue weighted by Crippen LogP contribution is 2.17. The van der Waals surface area contributed by atoms with Crippen LogP contribution in [0.4, 0.5) is 0 Å². The van der Waals surface area contributed by atoms with Crippen molar-refractivity contribution in [2.45, 2.75) is 39.9 Å². The maximum atomic E-state index is 12.3. The van der Waals surface area contributed by atoms with E-state index in [1.807, 2.05) is 32.0 Å². The first-order chi connectivity index (χ1) is 12.9. The topological polar surface area (TPSA) is 125 Å². The minimum absolute atomic E-state index is 0. The van der Waals surface area contributed by atoms with Crippen molar-refractivity contribution in [2.75, 3.05) is 0 Å². The Hall–Kier alpha value is -2.78. The van der Waals surface area contributed by atoms with Gasteiger partial charge in [-0.3, -0.25) is 9.78 Å². The number of nitrogens with two attached hydrogens (primary N) is 1. The fourth-order valence-electron chi connectivity index (χ4n) is 2.54. The molecule has 0 aliphatic carbocycles. The number of halogens is 1. The maximum absolute atomic E-state index is 12.3. The average molecular weight is 406 g/mol. The number of amides is 1. The number of nitrogens with one attached hydrogen (secondary N) is 1. The van der Waals surface area contributed by atoms with E-state index in [0.29, 0.717) is 28.8 Å². The Morgan fingerprint density at radius 2 is 2.11 bits per heavy atom. The van der Waals surface area contributed by atoms with Crippen LogP contribution in [-0.4, -0.2) is 30.8 Å². The van der Waals surface area contributed by atoms with Crippen molar-refractivity contribution in [3.63, 3.8) is 0 Å². The van der Waals surface area contributed by atoms with Crippen LogP contribution in [0.1, 0.15) is 37.3 Å². The van der Waals surface area contributed by atoms with Crippen molar-refractivity contribution < 1.29 is 9.32 Å². The second-order valence-corrected chi connectivity index (χ2v) is 6.61. The van der Waals surface area contributed by atoms with Crippen molar-refractivity contribution in [3.8, 4) is 11.4 Å². The smallest absolute Gasteiger partial charge is 0.242 e. The van der Waals surface area contributed by atoms with Gasteiger partial charge in [-0.1, -0.05) is 25.1 Å². The van der Waals surface area contributed by atoms with E-state index in [1.165, 1.54) is 0 Å². The largest absolute Gasteiger partial charge is 0.359 e. The van der Waals surface area contributed by atoms with E-state index in [9.17, 15) is 4.79 Å². The molecule has 10 heteroatoms. The predicted octanol–water partition coefficient (Wildman–Crippen LogP) is 2.03. The van der Waals surface area contributed by atoms with Gasteiger partial charge in [0.05, 0.1) is 18.3 Å². The van der Waals surface area contributed by atoms with Gasteiger partial charge < -0.3 is 15.6 Å². The van der Waals surface area contributed by atoms with E-state index in [0.717, 1.165) is 0 Å². The van der Waals surface area contributed by atoms with E-state index in [2.05, 4.69) is 25.5 Å². The third-order valence-corrected chi connectivity index (χ3v) is 4.06. The summed E-state index contributed by atoms with van der Waals surface area (Å²) in [6, 6.07) is 7.01. The number of carbonyl (C=O) groups is 1. The Labute approximate surface area is 169 Å². The highest BCUT2D eigenvalue weighted by Gasteiger charge is 2.20. The Morgan fingerprint density at radius 1 is 1.32 bits per heavy atom. The predicted molar refractivity (Wildman–Crippen MR) is 105 cm³/mol. The molecule has 0 saturated carbocycles. The van der Waals surface area contributed by atoms with Crippen LogP contribution in [0.15, 0.2) is 35.0 Å². The highest BCUT2D eigenvalue weighted by molar-refractivity contribution is 5.85. The SMILES string of the molecule is Cc1nc([C@@H](N)C(C)C)n(CC(=O)NCc2cc(-c3ccccn3)no2)n1.Cl. The van der Waals surface area contributed by atoms with Crippen LogP contribution < -0.4 is 11.1 Å². The molecule has 150 valence electrons. The van der Waals surface area contributed by atoms with Gasteiger partial charge in [0.1, 0.15) is 23.9 Å². The molecule has 0 unspecified atom stereocenters. The summed E-state index contributed by atoms with van der Waals surface area (Å²) in [6.45, 7) is 6.04. The summed E-state index contributed by atoms with van der Waals surface area (Å²) in [7, 11) is 0. The molecule has 9 nitrogen and oxygen atoms in total. The van der Waals surface area contributed by atoms with Crippen molar-refractivity contribution >= 4 is 18.3 Å². The lowest BCUT2D eigenvalue weighted by Gasteiger charge is -2.15. The first-order valence-electron chi connectivity index (χ1n) is 8.74. The van der Waals surface area contributed by atoms with Crippen molar-refractivity contribution in [1.29, 1.82) is 0 Å². The second-order valence-electron chi connectivity index (χ2n) is 6.61. The molecule has 0 bridgehead atoms. The lowest BCUT2D eigenvalue weighted by Crippen LogP contribution is -2.30. The van der Waals surface area contributed by atoms with Gasteiger partial charge >= 0.3 is 0 Å². The summed E-state index contributed by atoms with van der Waals surface area (Å²) < 4.78 is 6.81. The monoisotopic (exact) mass is 405 g/mol. The molecule has 0 aromatic carbocycles. The van der Waals surface area contributed by atoms with Crippen molar-refractivity contribution in [3.05, 3.63) is 47.9 Å². The number of nitrogens with zero attached hydrogens (tertiary/aromatic N) is 5. The number of hydrogen-bond donors (Lipinski definition) is 2. The zero-order chi connectivity index (χ0) is 19.4. The molecule has 3 aromatic heterocycles. The normalized spacial score (nSPS) is 11.9. The molecule has 0 aliphatic rings. The fraction of sp³-hybridized carbons (Fsp3) is 0.389. The molecule has 0 radical (unpaired) electrons. The lowest BCUT2D eigenvalue weighted by molar-refractivity contribution is -0.122. The molecule has 3 N–H and O–H groups in total. The van der Waals surface area contributed by atoms with Crippen LogP contribution in [0.3, 0.4) is 0 Å². The third kappa shape index (κ3) is 5.14. The van der Waals surface area contributed by atoms with Gasteiger partial charge in [0.25, 0.3) is 0 Å². The number of hydrogen-bond acceptors (Lipinski definition) is 7. The van der Waals surface area contributed by atoms with Crippen LogP contribution in [0, 0.1) is 12.8 Å². The fourth-order valence-corrected chi connectivity index (χ4v) is 2.54. The summed E-state index contributed by atoms with van der Waals surface area (Å²) in [6.07, 6.45) is 1.69. The van der Waals surface area contributed by atoms with Gasteiger partial charge in [-0.2, -0.15) is 5.10 Å². The minimum atomic E-state index is -0.283. The van der Waals surface area contributed by atoms with E-state index in [4.69, 9.17) is 10.3 Å². The zero-order valence-electron chi connectivity index (χ0n) is 16.0. The van der Waals surface area contributed by atoms with Gasteiger partial charge in [-0.15, -0.1) is 12.4 Å². The number of carbonyl (C=O) groups excluding carboxylic acids is 1. The van der Waals surface area contributed by atoms with Crippen LogP contribution in [0.5, 0.6) is 0 Å². The summed E-state index contributed by atoms with van der Waals surface area (Å²) in [5, 5.41) is 11.0. The Kier molecular flexibility index (Phi) is 7.24. The summed E-state index contributed by atoms with van der Waals surface area (Å²) >= 11 is 0. The molecule has 0 spiro atoms. The summed E-state index contributed by atoms with van der Waals surface area (Å²) in [5.41, 5.74) is 7.50. The molecule has 1 atom stereocenters. The zero-order valence-corrected chi connectivity index (χ0v) is 16.8. The summed E-state index contributed by atoms with van der Waals surface area (Å²) in [5.74, 6) is 1.71. The summed E-state index contributed by atoms with van der Waals surface area (Å²) in [4.78, 5) is 20.9. The third-order valence-electron chi connectivity index (χ3n) is 4.06. The second kappa shape index (κ2) is 9.43. The first-order valence-corrected chi connectivity index (χ1v) is 8.74. The Balaban J connectivity index is 0.00000280. The van der Waals surface area contributed by atoms with Gasteiger partial charge in [-0.25, -0.2) is 9.67 Å². The van der Waals surface area contributed by atoms with Gasteiger partial charge in [0.15, 0.2) is 5.76 Å². The number of rotatable bonds is 7. The van der Waals surface area contributed by atoms with E-state index < -0.39 is 0 Å². The highest BCUT2D eigenvalue weighted by atomic mass is 35.5. The first kappa shape index (κ1) is 21.5. The van der Waals surface area contributed by atoms with Gasteiger partial charge in [-0.05, 0) is 25.0 Å². The Morgan fingerprint density at radius 3 is 2.79 bits per heavy atom. The molecular formula is C18H24ClN7O2. The molecule has 28 heavy (non-hydrogen) atoms. The van der Waals surface area contributed by atoms with E-state index in [-0.39, 0.29) is 43.4 Å². The van der Waals surface area contributed by atoms with E-state index in [1.54, 1.807) is 23.9 Å². The molecule has 3 rings (SSSR count). The van der Waals surface area contributed by atoms with Crippen molar-refractivity contribution in [2.24, 2.45) is 11.7 Å². The van der Waals surface area contributed by atoms with Crippen LogP contribution in [-0.2, 0) is 17.9 Å². The molecule has 1 amide bonds. The standard InChI is InChI=1S/C18H23N7O2.ClH/c1-11(2)17(19)18-22-12(3)23-25(18)10-16(26)21-9-13-8-15(24-27-13)14-6-4-5-7-20-14;/h4-8,11,17H,9-10,19H2,1-3H3,(H,21,26);1H/t17-;/m0./s1. The molecule has 0 aliphatic heterocycles. The molecule has 3 aromatic rings. The quantitative estimate of drug-likeness (QED) is 0.616. The van der Waals surface area contributed by atoms with Crippen LogP contribution in [0.25, 0.3) is 11.4 Å².